The number of allylic oxidation sites excluding steroid dienone is 2. The number of amides is 1. The minimum absolute atomic E-state index is 0.286. The van der Waals surface area contributed by atoms with Gasteiger partial charge in [0.15, 0.2) is 0 Å². The van der Waals surface area contributed by atoms with Crippen molar-refractivity contribution >= 4 is 5.91 Å². The van der Waals surface area contributed by atoms with Crippen LogP contribution < -0.4 is 0 Å². The van der Waals surface area contributed by atoms with Crippen LogP contribution in [0.5, 0.6) is 0 Å². The Morgan fingerprint density at radius 1 is 1.06 bits per heavy atom. The van der Waals surface area contributed by atoms with E-state index in [0.717, 1.165) is 32.2 Å². The van der Waals surface area contributed by atoms with Crippen LogP contribution in [-0.4, -0.2) is 17.4 Å². The van der Waals surface area contributed by atoms with Gasteiger partial charge < -0.3 is 4.90 Å². The van der Waals surface area contributed by atoms with E-state index in [2.05, 4.69) is 12.7 Å². The average Bonchev–Trinajstić information content (AvgIpc) is 2.77. The van der Waals surface area contributed by atoms with E-state index in [0.29, 0.717) is 0 Å². The Morgan fingerprint density at radius 2 is 1.72 bits per heavy atom. The molecule has 0 radical (unpaired) electrons. The molecule has 1 aliphatic rings. The van der Waals surface area contributed by atoms with E-state index < -0.39 is 0 Å². The summed E-state index contributed by atoms with van der Waals surface area (Å²) in [6.45, 7) is 4.65. The van der Waals surface area contributed by atoms with Crippen LogP contribution in [-0.2, 0) is 4.79 Å². The van der Waals surface area contributed by atoms with Crippen LogP contribution in [0.15, 0.2) is 24.9 Å². The van der Waals surface area contributed by atoms with Crippen molar-refractivity contribution in [2.75, 3.05) is 6.54 Å². The van der Waals surface area contributed by atoms with Gasteiger partial charge in [-0.05, 0) is 32.1 Å². The van der Waals surface area contributed by atoms with Crippen LogP contribution in [0, 0.1) is 0 Å². The minimum atomic E-state index is 0.286. The second kappa shape index (κ2) is 9.93. The summed E-state index contributed by atoms with van der Waals surface area (Å²) in [7, 11) is 0. The van der Waals surface area contributed by atoms with Gasteiger partial charge >= 0.3 is 0 Å². The second-order valence-corrected chi connectivity index (χ2v) is 5.06. The zero-order chi connectivity index (χ0) is 13.1. The highest BCUT2D eigenvalue weighted by molar-refractivity contribution is 5.79. The first kappa shape index (κ1) is 15.0. The molecule has 102 valence electrons. The van der Waals surface area contributed by atoms with Crippen molar-refractivity contribution in [3.05, 3.63) is 24.9 Å². The first-order valence-electron chi connectivity index (χ1n) is 7.41. The van der Waals surface area contributed by atoms with Gasteiger partial charge in [-0.3, -0.25) is 4.79 Å². The smallest absolute Gasteiger partial charge is 0.226 e. The van der Waals surface area contributed by atoms with E-state index in [9.17, 15) is 4.79 Å². The third-order valence-electron chi connectivity index (χ3n) is 3.42. The highest BCUT2D eigenvalue weighted by Crippen LogP contribution is 2.12. The van der Waals surface area contributed by atoms with Crippen LogP contribution in [0.2, 0.25) is 0 Å². The van der Waals surface area contributed by atoms with E-state index in [1.807, 2.05) is 17.2 Å². The molecule has 1 aliphatic heterocycles. The predicted molar refractivity (Wildman–Crippen MR) is 77.2 cm³/mol. The van der Waals surface area contributed by atoms with Crippen LogP contribution >= 0.6 is 0 Å². The lowest BCUT2D eigenvalue weighted by molar-refractivity contribution is -0.125. The lowest BCUT2D eigenvalue weighted by Gasteiger charge is -2.07. The summed E-state index contributed by atoms with van der Waals surface area (Å²) >= 11 is 0. The first-order chi connectivity index (χ1) is 8.84. The molecule has 0 spiro atoms. The van der Waals surface area contributed by atoms with Crippen molar-refractivity contribution in [2.45, 2.75) is 64.2 Å². The lowest BCUT2D eigenvalue weighted by Crippen LogP contribution is -2.17. The van der Waals surface area contributed by atoms with Gasteiger partial charge in [-0.15, -0.1) is 6.58 Å². The molecule has 1 amide bonds. The van der Waals surface area contributed by atoms with Crippen molar-refractivity contribution in [1.29, 1.82) is 0 Å². The molecule has 0 atom stereocenters. The fourth-order valence-corrected chi connectivity index (χ4v) is 2.29. The molecule has 0 aromatic carbocycles. The molecule has 1 fully saturated rings. The third-order valence-corrected chi connectivity index (χ3v) is 3.42. The van der Waals surface area contributed by atoms with Gasteiger partial charge in [-0.2, -0.15) is 0 Å². The minimum Gasteiger partial charge on any atom is -0.319 e. The van der Waals surface area contributed by atoms with Gasteiger partial charge in [0.2, 0.25) is 5.91 Å². The number of carbonyl (C=O) groups is 1. The molecule has 0 aromatic rings. The van der Waals surface area contributed by atoms with Crippen molar-refractivity contribution in [3.63, 3.8) is 0 Å². The summed E-state index contributed by atoms with van der Waals surface area (Å²) in [4.78, 5) is 13.2. The molecule has 0 bridgehead atoms. The molecule has 18 heavy (non-hydrogen) atoms. The first-order valence-corrected chi connectivity index (χ1v) is 7.41. The topological polar surface area (TPSA) is 20.3 Å². The number of hydrogen-bond donors (Lipinski definition) is 0. The summed E-state index contributed by atoms with van der Waals surface area (Å²) < 4.78 is 0. The number of likely N-dealkylation sites (tertiary alicyclic amines) is 1. The Hall–Kier alpha value is -1.05. The molecule has 0 unspecified atom stereocenters. The number of hydrogen-bond acceptors (Lipinski definition) is 1. The Labute approximate surface area is 112 Å². The fraction of sp³-hybridized carbons (Fsp3) is 0.688. The van der Waals surface area contributed by atoms with E-state index in [1.165, 1.54) is 38.5 Å². The van der Waals surface area contributed by atoms with Gasteiger partial charge in [-0.25, -0.2) is 0 Å². The molecule has 2 nitrogen and oxygen atoms in total. The summed E-state index contributed by atoms with van der Waals surface area (Å²) in [5.74, 6) is 0.286. The monoisotopic (exact) mass is 249 g/mol. The standard InChI is InChI=1S/C16H27NO/c1-2-3-4-5-6-7-8-9-10-11-14-17-15-12-13-16(17)18/h2,11,14H,1,3-10,12-13,15H2/b14-11+. The highest BCUT2D eigenvalue weighted by Gasteiger charge is 2.16. The molecule has 0 aromatic heterocycles. The summed E-state index contributed by atoms with van der Waals surface area (Å²) in [5, 5.41) is 0. The molecular formula is C16H27NO. The summed E-state index contributed by atoms with van der Waals surface area (Å²) in [6, 6.07) is 0. The number of carbonyl (C=O) groups excluding carboxylic acids is 1. The summed E-state index contributed by atoms with van der Waals surface area (Å²) in [5.41, 5.74) is 0. The van der Waals surface area contributed by atoms with E-state index in [4.69, 9.17) is 0 Å². The van der Waals surface area contributed by atoms with E-state index >= 15 is 0 Å². The number of unbranched alkanes of at least 4 members (excludes halogenated alkanes) is 7. The molecule has 0 saturated carbocycles. The van der Waals surface area contributed by atoms with E-state index in [-0.39, 0.29) is 5.91 Å². The molecule has 1 heterocycles. The Kier molecular flexibility index (Phi) is 8.28. The van der Waals surface area contributed by atoms with Gasteiger partial charge in [-0.1, -0.05) is 37.8 Å². The van der Waals surface area contributed by atoms with Crippen LogP contribution in [0.1, 0.15) is 64.2 Å². The van der Waals surface area contributed by atoms with Crippen molar-refractivity contribution in [2.24, 2.45) is 0 Å². The van der Waals surface area contributed by atoms with Gasteiger partial charge in [0.1, 0.15) is 0 Å². The highest BCUT2D eigenvalue weighted by atomic mass is 16.2. The maximum Gasteiger partial charge on any atom is 0.226 e. The molecule has 1 rings (SSSR count). The quantitative estimate of drug-likeness (QED) is 0.414. The maximum absolute atomic E-state index is 11.3. The largest absolute Gasteiger partial charge is 0.319 e. The van der Waals surface area contributed by atoms with Gasteiger partial charge in [0, 0.05) is 19.2 Å². The number of nitrogens with zero attached hydrogens (tertiary/aromatic N) is 1. The molecule has 2 heteroatoms. The Bertz CT molecular complexity index is 270. The molecular weight excluding hydrogens is 222 g/mol. The maximum atomic E-state index is 11.3. The lowest BCUT2D eigenvalue weighted by atomic mass is 10.1. The molecule has 0 N–H and O–H groups in total. The van der Waals surface area contributed by atoms with Crippen molar-refractivity contribution < 1.29 is 4.79 Å². The zero-order valence-corrected chi connectivity index (χ0v) is 11.6. The Balaban J connectivity index is 1.87. The van der Waals surface area contributed by atoms with Crippen molar-refractivity contribution in [1.82, 2.24) is 4.90 Å². The zero-order valence-electron chi connectivity index (χ0n) is 11.6. The van der Waals surface area contributed by atoms with E-state index in [1.54, 1.807) is 0 Å². The normalized spacial score (nSPS) is 15.8. The van der Waals surface area contributed by atoms with Crippen LogP contribution in [0.4, 0.5) is 0 Å². The fourth-order valence-electron chi connectivity index (χ4n) is 2.29. The number of rotatable bonds is 10. The van der Waals surface area contributed by atoms with Crippen LogP contribution in [0.25, 0.3) is 0 Å². The third kappa shape index (κ3) is 6.63. The Morgan fingerprint density at radius 3 is 2.33 bits per heavy atom. The summed E-state index contributed by atoms with van der Waals surface area (Å²) in [6.07, 6.45) is 18.0. The molecule has 1 saturated heterocycles. The van der Waals surface area contributed by atoms with Crippen molar-refractivity contribution in [3.8, 4) is 0 Å². The second-order valence-electron chi connectivity index (χ2n) is 5.06. The molecule has 0 aliphatic carbocycles. The SMILES string of the molecule is C=CCCCCCCCC/C=C/N1CCCC1=O. The van der Waals surface area contributed by atoms with Crippen LogP contribution in [0.3, 0.4) is 0 Å². The van der Waals surface area contributed by atoms with Gasteiger partial charge in [0.25, 0.3) is 0 Å². The van der Waals surface area contributed by atoms with Gasteiger partial charge in [0.05, 0.1) is 0 Å². The average molecular weight is 249 g/mol. The predicted octanol–water partition coefficient (Wildman–Crippen LogP) is 4.43.